The van der Waals surface area contributed by atoms with Crippen molar-refractivity contribution in [3.8, 4) is 11.1 Å². The zero-order chi connectivity index (χ0) is 50.0. The predicted molar refractivity (Wildman–Crippen MR) is 311 cm³/mol. The van der Waals surface area contributed by atoms with Crippen LogP contribution in [0.15, 0.2) is 114 Å². The minimum Gasteiger partial charge on any atom is -0.454 e. The number of fused-ring (bicyclic) bond motifs is 15. The van der Waals surface area contributed by atoms with E-state index in [1.165, 1.54) is 133 Å². The van der Waals surface area contributed by atoms with Crippen LogP contribution in [0.3, 0.4) is 0 Å². The van der Waals surface area contributed by atoms with Crippen molar-refractivity contribution in [2.45, 2.75) is 161 Å². The highest BCUT2D eigenvalue weighted by Gasteiger charge is 2.51. The number of benzene rings is 7. The Balaban J connectivity index is 1.20. The second kappa shape index (κ2) is 14.3. The van der Waals surface area contributed by atoms with Gasteiger partial charge in [0.2, 0.25) is 0 Å². The highest BCUT2D eigenvalue weighted by Crippen LogP contribution is 2.58. The van der Waals surface area contributed by atoms with Crippen LogP contribution in [0.25, 0.3) is 53.2 Å². The molecule has 0 atom stereocenters. The molecule has 5 heteroatoms. The van der Waals surface area contributed by atoms with Gasteiger partial charge >= 0.3 is 6.85 Å². The van der Waals surface area contributed by atoms with Crippen molar-refractivity contribution in [1.82, 2.24) is 0 Å². The first-order chi connectivity index (χ1) is 34.1. The summed E-state index contributed by atoms with van der Waals surface area (Å²) in [5, 5.41) is 5.05. The molecule has 0 spiro atoms. The summed E-state index contributed by atoms with van der Waals surface area (Å²) in [7, 11) is 0. The molecule has 0 amide bonds. The van der Waals surface area contributed by atoms with Crippen molar-refractivity contribution in [1.29, 1.82) is 0 Å². The van der Waals surface area contributed by atoms with Crippen molar-refractivity contribution in [2.75, 3.05) is 9.71 Å². The average Bonchev–Trinajstić information content (AvgIpc) is 3.92. The monoisotopic (exact) mass is 961 g/mol. The Morgan fingerprint density at radius 3 is 1.68 bits per heavy atom. The van der Waals surface area contributed by atoms with Crippen molar-refractivity contribution >= 4 is 99.7 Å². The van der Waals surface area contributed by atoms with E-state index >= 15 is 0 Å². The first-order valence-corrected chi connectivity index (χ1v) is 27.9. The van der Waals surface area contributed by atoms with Crippen molar-refractivity contribution in [3.05, 3.63) is 148 Å². The molecular weight excluding hydrogens is 892 g/mol. The lowest BCUT2D eigenvalue weighted by molar-refractivity contribution is 0.332. The summed E-state index contributed by atoms with van der Waals surface area (Å²) < 4.78 is 10.1. The Hall–Kier alpha value is -5.78. The molecule has 0 unspecified atom stereocenters. The standard InChI is InChI=1S/C67H69BN2OS/c1-38-32-46-49(66(10,11)30-28-63(46,4)5)36-52(38)69-51-24-25-56-57(41-19-15-17-21-55(41)72-56)59(51)68-58-43(34-44-40-18-14-16-20-54(40)71-61(44)60(58)69)42-35-48-50(67(12,13)31-29-65(48,8)9)37-53(42)70(68)39-22-23-45-47(33-39)64(6,7)27-26-62(45,2)3/h14-25,32-37H,26-31H2,1-13H3. The molecule has 72 heavy (non-hydrogen) atoms. The summed E-state index contributed by atoms with van der Waals surface area (Å²) in [6.45, 7) is 31.9. The highest BCUT2D eigenvalue weighted by atomic mass is 32.1. The van der Waals surface area contributed by atoms with Crippen LogP contribution in [0.2, 0.25) is 0 Å². The molecule has 5 aliphatic rings. The smallest absolute Gasteiger partial charge is 0.333 e. The predicted octanol–water partition coefficient (Wildman–Crippen LogP) is 18.0. The molecule has 0 N–H and O–H groups in total. The van der Waals surface area contributed by atoms with Crippen LogP contribution < -0.4 is 20.6 Å². The van der Waals surface area contributed by atoms with Gasteiger partial charge in [0.1, 0.15) is 5.58 Å². The highest BCUT2D eigenvalue weighted by molar-refractivity contribution is 7.26. The van der Waals surface area contributed by atoms with Gasteiger partial charge in [-0.05, 0) is 205 Å². The van der Waals surface area contributed by atoms with Crippen LogP contribution in [0.1, 0.15) is 161 Å². The first kappa shape index (κ1) is 44.9. The molecule has 0 saturated carbocycles. The number of hydrogen-bond donors (Lipinski definition) is 0. The third-order valence-corrected chi connectivity index (χ3v) is 20.7. The number of para-hydroxylation sites is 1. The van der Waals surface area contributed by atoms with Crippen molar-refractivity contribution in [2.24, 2.45) is 0 Å². The second-order valence-corrected chi connectivity index (χ2v) is 28.0. The van der Waals surface area contributed by atoms with Crippen molar-refractivity contribution in [3.63, 3.8) is 0 Å². The van der Waals surface area contributed by atoms with Gasteiger partial charge in [0.15, 0.2) is 5.58 Å². The molecule has 362 valence electrons. The fourth-order valence-corrected chi connectivity index (χ4v) is 15.9. The number of nitrogens with zero attached hydrogens (tertiary/aromatic N) is 2. The topological polar surface area (TPSA) is 19.6 Å². The lowest BCUT2D eigenvalue weighted by Gasteiger charge is -2.49. The van der Waals surface area contributed by atoms with Gasteiger partial charge in [-0.25, -0.2) is 0 Å². The fourth-order valence-electron chi connectivity index (χ4n) is 14.8. The number of hydrogen-bond acceptors (Lipinski definition) is 4. The van der Waals surface area contributed by atoms with Crippen molar-refractivity contribution < 1.29 is 4.42 Å². The first-order valence-electron chi connectivity index (χ1n) is 27.1. The lowest BCUT2D eigenvalue weighted by Crippen LogP contribution is -2.62. The Kier molecular flexibility index (Phi) is 8.91. The maximum atomic E-state index is 7.41. The van der Waals surface area contributed by atoms with E-state index in [1.807, 2.05) is 11.3 Å². The molecule has 2 aliphatic heterocycles. The molecule has 2 aromatic heterocycles. The molecule has 4 heterocycles. The fraction of sp³-hybridized carbons (Fsp3) is 0.373. The molecule has 9 aromatic rings. The molecule has 3 aliphatic carbocycles. The molecule has 3 nitrogen and oxygen atoms in total. The lowest BCUT2D eigenvalue weighted by atomic mass is 9.42. The summed E-state index contributed by atoms with van der Waals surface area (Å²) >= 11 is 1.94. The Morgan fingerprint density at radius 1 is 0.458 bits per heavy atom. The van der Waals surface area contributed by atoms with Crippen LogP contribution >= 0.6 is 11.3 Å². The third-order valence-electron chi connectivity index (χ3n) is 19.6. The van der Waals surface area contributed by atoms with Gasteiger partial charge in [0.05, 0.1) is 5.69 Å². The largest absolute Gasteiger partial charge is 0.454 e. The summed E-state index contributed by atoms with van der Waals surface area (Å²) in [4.78, 5) is 5.53. The molecule has 0 saturated heterocycles. The summed E-state index contributed by atoms with van der Waals surface area (Å²) in [5.41, 5.74) is 24.0. The molecule has 0 fully saturated rings. The van der Waals surface area contributed by atoms with Crippen LogP contribution in [0.5, 0.6) is 0 Å². The van der Waals surface area contributed by atoms with E-state index in [4.69, 9.17) is 4.42 Å². The number of rotatable bonds is 2. The van der Waals surface area contributed by atoms with Gasteiger partial charge in [-0.1, -0.05) is 132 Å². The molecule has 7 aromatic carbocycles. The minimum absolute atomic E-state index is 0.0218. The number of furan rings is 1. The normalized spacial score (nSPS) is 20.3. The summed E-state index contributed by atoms with van der Waals surface area (Å²) in [6, 6.07) is 43.6. The van der Waals surface area contributed by atoms with Gasteiger partial charge in [-0.2, -0.15) is 0 Å². The number of aryl methyl sites for hydroxylation is 1. The van der Waals surface area contributed by atoms with Gasteiger partial charge in [-0.3, -0.25) is 0 Å². The number of anilines is 5. The Bertz CT molecular complexity index is 3870. The zero-order valence-electron chi connectivity index (χ0n) is 44.9. The molecule has 0 radical (unpaired) electrons. The molecular formula is C67H69BN2OS. The van der Waals surface area contributed by atoms with Gasteiger partial charge in [0, 0.05) is 48.5 Å². The maximum Gasteiger partial charge on any atom is 0.333 e. The van der Waals surface area contributed by atoms with E-state index in [0.29, 0.717) is 0 Å². The SMILES string of the molecule is Cc1cc2c(cc1N1c3ccc4sc5ccccc5c4c3B3c4c(cc5c(oc6ccccc65)c41)-c1cc4c(cc1N3c1ccc3c(c1)C(C)(C)CCC3(C)C)C(C)(C)CCC4(C)C)C(C)(C)CCC2(C)C. The van der Waals surface area contributed by atoms with Gasteiger partial charge in [0.25, 0.3) is 0 Å². The van der Waals surface area contributed by atoms with E-state index in [2.05, 4.69) is 209 Å². The van der Waals surface area contributed by atoms with E-state index in [0.717, 1.165) is 36.8 Å². The molecule has 0 bridgehead atoms. The zero-order valence-corrected chi connectivity index (χ0v) is 45.7. The van der Waals surface area contributed by atoms with Gasteiger partial charge < -0.3 is 14.1 Å². The van der Waals surface area contributed by atoms with E-state index < -0.39 is 0 Å². The Morgan fingerprint density at radius 2 is 1.01 bits per heavy atom. The van der Waals surface area contributed by atoms with Crippen LogP contribution in [0.4, 0.5) is 28.4 Å². The number of thiophene rings is 1. The molecule has 14 rings (SSSR count). The van der Waals surface area contributed by atoms with E-state index in [9.17, 15) is 0 Å². The van der Waals surface area contributed by atoms with Crippen LogP contribution in [-0.4, -0.2) is 6.85 Å². The average molecular weight is 961 g/mol. The van der Waals surface area contributed by atoms with E-state index in [1.54, 1.807) is 0 Å². The third kappa shape index (κ3) is 5.98. The van der Waals surface area contributed by atoms with Gasteiger partial charge in [-0.15, -0.1) is 11.3 Å². The quantitative estimate of drug-likeness (QED) is 0.161. The second-order valence-electron chi connectivity index (χ2n) is 26.9. The minimum atomic E-state index is -0.170. The van der Waals surface area contributed by atoms with Crippen LogP contribution in [0, 0.1) is 6.92 Å². The summed E-state index contributed by atoms with van der Waals surface area (Å²) in [5.74, 6) is 0. The van der Waals surface area contributed by atoms with Crippen LogP contribution in [-0.2, 0) is 32.5 Å². The maximum absolute atomic E-state index is 7.41. The summed E-state index contributed by atoms with van der Waals surface area (Å²) in [6.07, 6.45) is 7.00. The van der Waals surface area contributed by atoms with E-state index in [-0.39, 0.29) is 39.3 Å². The Labute approximate surface area is 431 Å².